The summed E-state index contributed by atoms with van der Waals surface area (Å²) >= 11 is 3.29. The second-order valence-electron chi connectivity index (χ2n) is 6.28. The maximum absolute atomic E-state index is 12.6. The molecule has 1 saturated heterocycles. The predicted octanol–water partition coefficient (Wildman–Crippen LogP) is 3.15. The summed E-state index contributed by atoms with van der Waals surface area (Å²) in [6.45, 7) is 4.17. The van der Waals surface area contributed by atoms with E-state index in [4.69, 9.17) is 0 Å². The number of amides is 1. The Morgan fingerprint density at radius 3 is 2.65 bits per heavy atom. The first-order valence-electron chi connectivity index (χ1n) is 8.66. The fraction of sp³-hybridized carbons (Fsp3) is 0.316. The van der Waals surface area contributed by atoms with E-state index in [1.54, 1.807) is 22.7 Å². The Hall–Kier alpha value is -2.09. The van der Waals surface area contributed by atoms with Gasteiger partial charge in [0.2, 0.25) is 5.91 Å². The number of thiophene rings is 1. The molecule has 1 aliphatic rings. The van der Waals surface area contributed by atoms with Crippen LogP contribution in [0.3, 0.4) is 0 Å². The summed E-state index contributed by atoms with van der Waals surface area (Å²) in [6.07, 6.45) is 2.22. The van der Waals surface area contributed by atoms with Crippen molar-refractivity contribution in [2.75, 3.05) is 26.2 Å². The monoisotopic (exact) mass is 384 g/mol. The normalized spacial score (nSPS) is 15.3. The molecule has 3 aromatic heterocycles. The molecule has 0 saturated carbocycles. The van der Waals surface area contributed by atoms with E-state index in [1.165, 1.54) is 0 Å². The molecular formula is C19H20N4OS2. The molecule has 0 aliphatic carbocycles. The second-order valence-corrected chi connectivity index (χ2v) is 8.08. The Balaban J connectivity index is 1.28. The van der Waals surface area contributed by atoms with Gasteiger partial charge in [-0.1, -0.05) is 12.1 Å². The van der Waals surface area contributed by atoms with E-state index >= 15 is 0 Å². The van der Waals surface area contributed by atoms with Gasteiger partial charge in [-0.25, -0.2) is 4.98 Å². The minimum Gasteiger partial charge on any atom is -0.340 e. The van der Waals surface area contributed by atoms with Gasteiger partial charge in [0, 0.05) is 44.3 Å². The van der Waals surface area contributed by atoms with Gasteiger partial charge in [-0.3, -0.25) is 14.7 Å². The van der Waals surface area contributed by atoms with Crippen LogP contribution in [-0.2, 0) is 17.8 Å². The van der Waals surface area contributed by atoms with Crippen molar-refractivity contribution in [2.45, 2.75) is 13.0 Å². The summed E-state index contributed by atoms with van der Waals surface area (Å²) in [5.41, 5.74) is 1.95. The van der Waals surface area contributed by atoms with Crippen LogP contribution in [-0.4, -0.2) is 51.9 Å². The van der Waals surface area contributed by atoms with E-state index in [-0.39, 0.29) is 5.91 Å². The van der Waals surface area contributed by atoms with Crippen LogP contribution in [0.2, 0.25) is 0 Å². The molecule has 3 aromatic rings. The molecular weight excluding hydrogens is 364 g/mol. The quantitative estimate of drug-likeness (QED) is 0.678. The third kappa shape index (κ3) is 4.17. The lowest BCUT2D eigenvalue weighted by molar-refractivity contribution is -0.132. The average Bonchev–Trinajstić information content (AvgIpc) is 3.35. The van der Waals surface area contributed by atoms with Gasteiger partial charge in [0.25, 0.3) is 0 Å². The Morgan fingerprint density at radius 2 is 1.92 bits per heavy atom. The zero-order chi connectivity index (χ0) is 17.8. The number of piperazine rings is 1. The number of nitrogens with zero attached hydrogens (tertiary/aromatic N) is 4. The summed E-state index contributed by atoms with van der Waals surface area (Å²) in [6, 6.07) is 10.1. The highest BCUT2D eigenvalue weighted by atomic mass is 32.1. The van der Waals surface area contributed by atoms with Crippen LogP contribution in [0.25, 0.3) is 9.88 Å². The minimum atomic E-state index is 0.172. The lowest BCUT2D eigenvalue weighted by Crippen LogP contribution is -2.48. The van der Waals surface area contributed by atoms with E-state index in [2.05, 4.69) is 20.9 Å². The Morgan fingerprint density at radius 1 is 1.04 bits per heavy atom. The molecule has 0 bridgehead atoms. The summed E-state index contributed by atoms with van der Waals surface area (Å²) in [7, 11) is 0. The zero-order valence-corrected chi connectivity index (χ0v) is 16.0. The first-order valence-corrected chi connectivity index (χ1v) is 10.4. The van der Waals surface area contributed by atoms with E-state index in [9.17, 15) is 4.79 Å². The standard InChI is InChI=1S/C19H20N4OS2/c24-18(12-16-14-26-19(21-16)17-5-3-11-25-17)23-9-7-22(8-10-23)13-15-4-1-2-6-20-15/h1-6,11,14H,7-10,12-13H2. The van der Waals surface area contributed by atoms with Crippen molar-refractivity contribution in [3.05, 3.63) is 58.7 Å². The highest BCUT2D eigenvalue weighted by Gasteiger charge is 2.22. The van der Waals surface area contributed by atoms with E-state index in [0.29, 0.717) is 6.42 Å². The van der Waals surface area contributed by atoms with Crippen molar-refractivity contribution in [2.24, 2.45) is 0 Å². The lowest BCUT2D eigenvalue weighted by atomic mass is 10.2. The number of aromatic nitrogens is 2. The molecule has 0 N–H and O–H groups in total. The molecule has 4 heterocycles. The fourth-order valence-electron chi connectivity index (χ4n) is 3.04. The molecule has 0 aromatic carbocycles. The first-order chi connectivity index (χ1) is 12.8. The van der Waals surface area contributed by atoms with Gasteiger partial charge in [-0.05, 0) is 23.6 Å². The van der Waals surface area contributed by atoms with Gasteiger partial charge in [-0.15, -0.1) is 22.7 Å². The summed E-state index contributed by atoms with van der Waals surface area (Å²) in [5, 5.41) is 5.05. The van der Waals surface area contributed by atoms with Gasteiger partial charge >= 0.3 is 0 Å². The molecule has 1 aliphatic heterocycles. The van der Waals surface area contributed by atoms with Crippen molar-refractivity contribution in [1.82, 2.24) is 19.8 Å². The molecule has 0 radical (unpaired) electrons. The second kappa shape index (κ2) is 8.07. The SMILES string of the molecule is O=C(Cc1csc(-c2cccs2)n1)N1CCN(Cc2ccccn2)CC1. The van der Waals surface area contributed by atoms with Crippen LogP contribution in [0, 0.1) is 0 Å². The van der Waals surface area contributed by atoms with Crippen LogP contribution in [0.4, 0.5) is 0 Å². The molecule has 5 nitrogen and oxygen atoms in total. The highest BCUT2D eigenvalue weighted by molar-refractivity contribution is 7.20. The third-order valence-corrected chi connectivity index (χ3v) is 6.38. The molecule has 7 heteroatoms. The molecule has 4 rings (SSSR count). The Bertz CT molecular complexity index is 840. The summed E-state index contributed by atoms with van der Waals surface area (Å²) < 4.78 is 0. The maximum atomic E-state index is 12.6. The van der Waals surface area contributed by atoms with E-state index in [1.807, 2.05) is 46.1 Å². The maximum Gasteiger partial charge on any atom is 0.228 e. The molecule has 26 heavy (non-hydrogen) atoms. The van der Waals surface area contributed by atoms with Gasteiger partial charge in [0.1, 0.15) is 5.01 Å². The van der Waals surface area contributed by atoms with Crippen LogP contribution in [0.1, 0.15) is 11.4 Å². The van der Waals surface area contributed by atoms with Gasteiger partial charge in [-0.2, -0.15) is 0 Å². The topological polar surface area (TPSA) is 49.3 Å². The predicted molar refractivity (Wildman–Crippen MR) is 105 cm³/mol. The summed E-state index contributed by atoms with van der Waals surface area (Å²) in [5.74, 6) is 0.172. The Kier molecular flexibility index (Phi) is 5.38. The number of hydrogen-bond acceptors (Lipinski definition) is 6. The number of rotatable bonds is 5. The average molecular weight is 385 g/mol. The van der Waals surface area contributed by atoms with Gasteiger partial charge in [0.05, 0.1) is 22.7 Å². The zero-order valence-electron chi connectivity index (χ0n) is 14.4. The lowest BCUT2D eigenvalue weighted by Gasteiger charge is -2.34. The van der Waals surface area contributed by atoms with E-state index in [0.717, 1.165) is 54.0 Å². The number of carbonyl (C=O) groups excluding carboxylic acids is 1. The third-order valence-electron chi connectivity index (χ3n) is 4.45. The fourth-order valence-corrected chi connectivity index (χ4v) is 4.68. The molecule has 1 fully saturated rings. The van der Waals surface area contributed by atoms with Crippen LogP contribution < -0.4 is 0 Å². The highest BCUT2D eigenvalue weighted by Crippen LogP contribution is 2.28. The molecule has 0 spiro atoms. The molecule has 1 amide bonds. The minimum absolute atomic E-state index is 0.172. The molecule has 0 atom stereocenters. The van der Waals surface area contributed by atoms with Crippen molar-refractivity contribution in [1.29, 1.82) is 0 Å². The van der Waals surface area contributed by atoms with Crippen molar-refractivity contribution >= 4 is 28.6 Å². The van der Waals surface area contributed by atoms with Gasteiger partial charge < -0.3 is 4.90 Å². The van der Waals surface area contributed by atoms with Crippen molar-refractivity contribution in [3.63, 3.8) is 0 Å². The number of hydrogen-bond donors (Lipinski definition) is 0. The summed E-state index contributed by atoms with van der Waals surface area (Å²) in [4.78, 5) is 27.1. The van der Waals surface area contributed by atoms with E-state index < -0.39 is 0 Å². The van der Waals surface area contributed by atoms with Crippen LogP contribution >= 0.6 is 22.7 Å². The van der Waals surface area contributed by atoms with Crippen molar-refractivity contribution in [3.8, 4) is 9.88 Å². The number of carbonyl (C=O) groups is 1. The first kappa shape index (κ1) is 17.3. The van der Waals surface area contributed by atoms with Crippen molar-refractivity contribution < 1.29 is 4.79 Å². The van der Waals surface area contributed by atoms with Crippen LogP contribution in [0.5, 0.6) is 0 Å². The Labute approximate surface area is 160 Å². The molecule has 0 unspecified atom stereocenters. The van der Waals surface area contributed by atoms with Gasteiger partial charge in [0.15, 0.2) is 0 Å². The molecule has 134 valence electrons. The van der Waals surface area contributed by atoms with Crippen LogP contribution in [0.15, 0.2) is 47.3 Å². The number of thiazole rings is 1. The number of pyridine rings is 1. The smallest absolute Gasteiger partial charge is 0.228 e. The largest absolute Gasteiger partial charge is 0.340 e.